The first-order valence-corrected chi connectivity index (χ1v) is 7.55. The van der Waals surface area contributed by atoms with Crippen molar-refractivity contribution in [1.29, 1.82) is 0 Å². The van der Waals surface area contributed by atoms with Gasteiger partial charge >= 0.3 is 6.18 Å². The Morgan fingerprint density at radius 3 is 2.46 bits per heavy atom. The quantitative estimate of drug-likeness (QED) is 0.577. The van der Waals surface area contributed by atoms with E-state index in [-0.39, 0.29) is 10.7 Å². The van der Waals surface area contributed by atoms with Gasteiger partial charge in [-0.25, -0.2) is 0 Å². The van der Waals surface area contributed by atoms with Crippen molar-refractivity contribution in [2.45, 2.75) is 19.0 Å². The standard InChI is InChI=1S/C15H19ClF3N3O2/c1-22(2)7-3-6-20-13(23)9-14(24)21-12-8-10(15(17,18)19)4-5-11(12)16/h4-5,8H,3,6-7,9H2,1-2H3,(H,20,23)(H,21,24). The molecule has 2 N–H and O–H groups in total. The van der Waals surface area contributed by atoms with Crippen molar-refractivity contribution in [1.82, 2.24) is 10.2 Å². The maximum absolute atomic E-state index is 12.7. The van der Waals surface area contributed by atoms with E-state index in [1.165, 1.54) is 0 Å². The van der Waals surface area contributed by atoms with Crippen molar-refractivity contribution in [3.05, 3.63) is 28.8 Å². The van der Waals surface area contributed by atoms with E-state index in [0.29, 0.717) is 6.54 Å². The third-order valence-corrected chi connectivity index (χ3v) is 3.32. The number of hydrogen-bond donors (Lipinski definition) is 2. The first-order valence-electron chi connectivity index (χ1n) is 7.17. The molecule has 1 rings (SSSR count). The van der Waals surface area contributed by atoms with Crippen LogP contribution in [0.5, 0.6) is 0 Å². The fraction of sp³-hybridized carbons (Fsp3) is 0.467. The Labute approximate surface area is 143 Å². The summed E-state index contributed by atoms with van der Waals surface area (Å²) in [6.45, 7) is 1.20. The van der Waals surface area contributed by atoms with Gasteiger partial charge in [0, 0.05) is 6.54 Å². The van der Waals surface area contributed by atoms with Crippen LogP contribution in [0.4, 0.5) is 18.9 Å². The van der Waals surface area contributed by atoms with Crippen molar-refractivity contribution in [2.24, 2.45) is 0 Å². The minimum atomic E-state index is -4.55. The summed E-state index contributed by atoms with van der Waals surface area (Å²) in [6, 6.07) is 2.59. The molecule has 0 unspecified atom stereocenters. The fourth-order valence-electron chi connectivity index (χ4n) is 1.82. The number of rotatable bonds is 7. The second-order valence-electron chi connectivity index (χ2n) is 5.42. The number of alkyl halides is 3. The van der Waals surface area contributed by atoms with E-state index >= 15 is 0 Å². The van der Waals surface area contributed by atoms with Gasteiger partial charge in [0.1, 0.15) is 6.42 Å². The van der Waals surface area contributed by atoms with Gasteiger partial charge in [0.05, 0.1) is 16.3 Å². The Bertz CT molecular complexity index is 592. The van der Waals surface area contributed by atoms with Crippen molar-refractivity contribution < 1.29 is 22.8 Å². The molecule has 0 fully saturated rings. The summed E-state index contributed by atoms with van der Waals surface area (Å²) in [5.74, 6) is -1.24. The zero-order valence-corrected chi connectivity index (χ0v) is 14.1. The van der Waals surface area contributed by atoms with E-state index in [0.717, 1.165) is 31.2 Å². The van der Waals surface area contributed by atoms with Crippen LogP contribution in [0.1, 0.15) is 18.4 Å². The molecule has 5 nitrogen and oxygen atoms in total. The second kappa shape index (κ2) is 8.89. The largest absolute Gasteiger partial charge is 0.416 e. The van der Waals surface area contributed by atoms with E-state index in [2.05, 4.69) is 10.6 Å². The molecule has 0 spiro atoms. The van der Waals surface area contributed by atoms with Crippen LogP contribution in [0, 0.1) is 0 Å². The predicted octanol–water partition coefficient (Wildman–Crippen LogP) is 2.76. The van der Waals surface area contributed by atoms with E-state index in [4.69, 9.17) is 11.6 Å². The van der Waals surface area contributed by atoms with E-state index in [1.807, 2.05) is 19.0 Å². The number of carbonyl (C=O) groups excluding carboxylic acids is 2. The van der Waals surface area contributed by atoms with Crippen LogP contribution in [0.25, 0.3) is 0 Å². The summed E-state index contributed by atoms with van der Waals surface area (Å²) < 4.78 is 38.0. The van der Waals surface area contributed by atoms with Crippen LogP contribution in [-0.4, -0.2) is 43.9 Å². The van der Waals surface area contributed by atoms with Gasteiger partial charge in [-0.2, -0.15) is 13.2 Å². The monoisotopic (exact) mass is 365 g/mol. The summed E-state index contributed by atoms with van der Waals surface area (Å²) in [7, 11) is 3.79. The van der Waals surface area contributed by atoms with Gasteiger partial charge in [-0.3, -0.25) is 9.59 Å². The average Bonchev–Trinajstić information content (AvgIpc) is 2.44. The Balaban J connectivity index is 2.54. The normalized spacial score (nSPS) is 11.5. The molecule has 0 aromatic heterocycles. The highest BCUT2D eigenvalue weighted by Crippen LogP contribution is 2.33. The average molecular weight is 366 g/mol. The number of nitrogens with zero attached hydrogens (tertiary/aromatic N) is 1. The van der Waals surface area contributed by atoms with Gasteiger partial charge in [-0.15, -0.1) is 0 Å². The summed E-state index contributed by atoms with van der Waals surface area (Å²) in [5, 5.41) is 4.75. The van der Waals surface area contributed by atoms with Gasteiger partial charge in [0.2, 0.25) is 11.8 Å². The van der Waals surface area contributed by atoms with Gasteiger partial charge in [0.15, 0.2) is 0 Å². The molecule has 0 heterocycles. The number of halogens is 4. The van der Waals surface area contributed by atoms with Crippen molar-refractivity contribution in [3.63, 3.8) is 0 Å². The lowest BCUT2D eigenvalue weighted by molar-refractivity contribution is -0.137. The first-order chi connectivity index (χ1) is 11.1. The molecule has 1 aromatic rings. The molecule has 0 aliphatic heterocycles. The van der Waals surface area contributed by atoms with Crippen LogP contribution in [0.2, 0.25) is 5.02 Å². The van der Waals surface area contributed by atoms with Crippen LogP contribution < -0.4 is 10.6 Å². The SMILES string of the molecule is CN(C)CCCNC(=O)CC(=O)Nc1cc(C(F)(F)F)ccc1Cl. The molecule has 2 amide bonds. The highest BCUT2D eigenvalue weighted by Gasteiger charge is 2.31. The lowest BCUT2D eigenvalue weighted by Crippen LogP contribution is -2.30. The first kappa shape index (κ1) is 20.2. The maximum atomic E-state index is 12.7. The second-order valence-corrected chi connectivity index (χ2v) is 5.83. The fourth-order valence-corrected chi connectivity index (χ4v) is 1.99. The van der Waals surface area contributed by atoms with Gasteiger partial charge in [-0.05, 0) is 45.3 Å². The highest BCUT2D eigenvalue weighted by molar-refractivity contribution is 6.33. The Hall–Kier alpha value is -1.80. The van der Waals surface area contributed by atoms with Crippen LogP contribution in [0.15, 0.2) is 18.2 Å². The van der Waals surface area contributed by atoms with E-state index in [1.54, 1.807) is 0 Å². The minimum Gasteiger partial charge on any atom is -0.356 e. The lowest BCUT2D eigenvalue weighted by Gasteiger charge is -2.12. The number of carbonyl (C=O) groups is 2. The van der Waals surface area contributed by atoms with Gasteiger partial charge < -0.3 is 15.5 Å². The van der Waals surface area contributed by atoms with E-state index < -0.39 is 30.0 Å². The number of nitrogens with one attached hydrogen (secondary N) is 2. The summed E-state index contributed by atoms with van der Waals surface area (Å²) in [4.78, 5) is 25.3. The molecular formula is C15H19ClF3N3O2. The Morgan fingerprint density at radius 1 is 1.21 bits per heavy atom. The summed E-state index contributed by atoms with van der Waals surface area (Å²) >= 11 is 5.77. The zero-order valence-electron chi connectivity index (χ0n) is 13.3. The molecule has 134 valence electrons. The van der Waals surface area contributed by atoms with Crippen LogP contribution in [0.3, 0.4) is 0 Å². The molecule has 0 saturated heterocycles. The summed E-state index contributed by atoms with van der Waals surface area (Å²) in [6.07, 6.45) is -4.32. The molecule has 0 atom stereocenters. The highest BCUT2D eigenvalue weighted by atomic mass is 35.5. The zero-order chi connectivity index (χ0) is 18.3. The van der Waals surface area contributed by atoms with Crippen molar-refractivity contribution in [2.75, 3.05) is 32.5 Å². The van der Waals surface area contributed by atoms with Crippen LogP contribution >= 0.6 is 11.6 Å². The van der Waals surface area contributed by atoms with Crippen molar-refractivity contribution >= 4 is 29.1 Å². The lowest BCUT2D eigenvalue weighted by atomic mass is 10.2. The molecule has 1 aromatic carbocycles. The molecule has 9 heteroatoms. The minimum absolute atomic E-state index is 0.0391. The molecule has 0 aliphatic carbocycles. The summed E-state index contributed by atoms with van der Waals surface area (Å²) in [5.41, 5.74) is -1.12. The molecule has 0 aliphatic rings. The Kier molecular flexibility index (Phi) is 7.50. The topological polar surface area (TPSA) is 61.4 Å². The molecular weight excluding hydrogens is 347 g/mol. The smallest absolute Gasteiger partial charge is 0.356 e. The van der Waals surface area contributed by atoms with Crippen molar-refractivity contribution in [3.8, 4) is 0 Å². The molecule has 0 bridgehead atoms. The van der Waals surface area contributed by atoms with Gasteiger partial charge in [-0.1, -0.05) is 11.6 Å². The molecule has 24 heavy (non-hydrogen) atoms. The number of anilines is 1. The number of hydrogen-bond acceptors (Lipinski definition) is 3. The maximum Gasteiger partial charge on any atom is 0.416 e. The predicted molar refractivity (Wildman–Crippen MR) is 85.9 cm³/mol. The Morgan fingerprint density at radius 2 is 1.88 bits per heavy atom. The number of benzene rings is 1. The number of amides is 2. The third kappa shape index (κ3) is 7.18. The molecule has 0 saturated carbocycles. The van der Waals surface area contributed by atoms with Crippen LogP contribution in [-0.2, 0) is 15.8 Å². The van der Waals surface area contributed by atoms with E-state index in [9.17, 15) is 22.8 Å². The molecule has 0 radical (unpaired) electrons. The third-order valence-electron chi connectivity index (χ3n) is 2.99. The van der Waals surface area contributed by atoms with Gasteiger partial charge in [0.25, 0.3) is 0 Å².